The lowest BCUT2D eigenvalue weighted by atomic mass is 10.1. The molecule has 0 aliphatic heterocycles. The summed E-state index contributed by atoms with van der Waals surface area (Å²) in [6.07, 6.45) is 0. The molecule has 0 aliphatic rings. The average molecular weight is 374 g/mol. The largest absolute Gasteiger partial charge is 0.324 e. The predicted octanol–water partition coefficient (Wildman–Crippen LogP) is 4.68. The van der Waals surface area contributed by atoms with Gasteiger partial charge in [-0.05, 0) is 56.5 Å². The molecule has 0 fully saturated rings. The molecule has 0 heterocycles. The highest BCUT2D eigenvalue weighted by molar-refractivity contribution is 6.31. The zero-order valence-corrected chi connectivity index (χ0v) is 16.5. The Morgan fingerprint density at radius 2 is 1.65 bits per heavy atom. The molecule has 0 radical (unpaired) electrons. The predicted molar refractivity (Wildman–Crippen MR) is 107 cm³/mol. The number of aryl methyl sites for hydroxylation is 3. The number of carbonyl (C=O) groups excluding carboxylic acids is 2. The number of rotatable bonds is 4. The molecule has 3 amide bonds. The third kappa shape index (κ3) is 4.76. The van der Waals surface area contributed by atoms with Crippen LogP contribution in [0.4, 0.5) is 16.2 Å². The van der Waals surface area contributed by atoms with Crippen LogP contribution in [0, 0.1) is 27.7 Å². The highest BCUT2D eigenvalue weighted by atomic mass is 35.5. The Balaban J connectivity index is 2.00. The Morgan fingerprint density at radius 3 is 2.27 bits per heavy atom. The molecular formula is C20H24ClN3O2. The summed E-state index contributed by atoms with van der Waals surface area (Å²) in [6.45, 7) is 7.69. The van der Waals surface area contributed by atoms with Gasteiger partial charge in [-0.1, -0.05) is 35.4 Å². The summed E-state index contributed by atoms with van der Waals surface area (Å²) in [4.78, 5) is 26.0. The monoisotopic (exact) mass is 373 g/mol. The van der Waals surface area contributed by atoms with E-state index in [9.17, 15) is 9.59 Å². The van der Waals surface area contributed by atoms with Crippen molar-refractivity contribution in [3.8, 4) is 0 Å². The van der Waals surface area contributed by atoms with Gasteiger partial charge >= 0.3 is 6.03 Å². The maximum absolute atomic E-state index is 12.3. The summed E-state index contributed by atoms with van der Waals surface area (Å²) in [5.41, 5.74) is 5.34. The van der Waals surface area contributed by atoms with Crippen LogP contribution in [0.15, 0.2) is 30.3 Å². The van der Waals surface area contributed by atoms with Crippen LogP contribution in [0.2, 0.25) is 5.02 Å². The molecule has 0 spiro atoms. The molecule has 0 unspecified atom stereocenters. The summed E-state index contributed by atoms with van der Waals surface area (Å²) < 4.78 is 0. The fourth-order valence-electron chi connectivity index (χ4n) is 2.80. The molecule has 26 heavy (non-hydrogen) atoms. The average Bonchev–Trinajstić information content (AvgIpc) is 2.55. The molecule has 0 saturated heterocycles. The normalized spacial score (nSPS) is 10.4. The maximum atomic E-state index is 12.3. The van der Waals surface area contributed by atoms with E-state index in [1.807, 2.05) is 39.8 Å². The van der Waals surface area contributed by atoms with Gasteiger partial charge in [0.2, 0.25) is 5.91 Å². The lowest BCUT2D eigenvalue weighted by molar-refractivity contribution is -0.116. The number of hydrogen-bond donors (Lipinski definition) is 2. The SMILES string of the molecule is Cc1cc(C)c(NC(=O)CN(C)C(=O)Nc2cccc(Cl)c2C)c(C)c1. The number of halogens is 1. The number of nitrogens with one attached hydrogen (secondary N) is 2. The van der Waals surface area contributed by atoms with Crippen LogP contribution in [-0.4, -0.2) is 30.4 Å². The van der Waals surface area contributed by atoms with E-state index in [-0.39, 0.29) is 18.5 Å². The molecule has 0 saturated carbocycles. The number of anilines is 2. The third-order valence-electron chi connectivity index (χ3n) is 4.18. The van der Waals surface area contributed by atoms with Gasteiger partial charge in [0.25, 0.3) is 0 Å². The summed E-state index contributed by atoms with van der Waals surface area (Å²) in [7, 11) is 1.57. The van der Waals surface area contributed by atoms with Crippen molar-refractivity contribution in [2.24, 2.45) is 0 Å². The van der Waals surface area contributed by atoms with Crippen molar-refractivity contribution in [3.63, 3.8) is 0 Å². The van der Waals surface area contributed by atoms with Gasteiger partial charge in [0.1, 0.15) is 6.54 Å². The summed E-state index contributed by atoms with van der Waals surface area (Å²) in [6, 6.07) is 8.95. The van der Waals surface area contributed by atoms with Gasteiger partial charge in [-0.3, -0.25) is 4.79 Å². The molecule has 2 aromatic carbocycles. The first-order chi connectivity index (χ1) is 12.2. The number of amides is 3. The first kappa shape index (κ1) is 19.8. The molecule has 2 aromatic rings. The topological polar surface area (TPSA) is 61.4 Å². The van der Waals surface area contributed by atoms with Crippen LogP contribution in [0.25, 0.3) is 0 Å². The quantitative estimate of drug-likeness (QED) is 0.817. The second-order valence-corrected chi connectivity index (χ2v) is 6.93. The molecule has 0 aromatic heterocycles. The lowest BCUT2D eigenvalue weighted by Crippen LogP contribution is -2.38. The van der Waals surface area contributed by atoms with E-state index in [0.29, 0.717) is 10.7 Å². The lowest BCUT2D eigenvalue weighted by Gasteiger charge is -2.20. The zero-order valence-electron chi connectivity index (χ0n) is 15.7. The van der Waals surface area contributed by atoms with Gasteiger partial charge in [-0.25, -0.2) is 4.79 Å². The highest BCUT2D eigenvalue weighted by Gasteiger charge is 2.16. The van der Waals surface area contributed by atoms with E-state index < -0.39 is 0 Å². The molecule has 6 heteroatoms. The zero-order chi connectivity index (χ0) is 19.4. The van der Waals surface area contributed by atoms with Gasteiger partial charge in [-0.15, -0.1) is 0 Å². The fraction of sp³-hybridized carbons (Fsp3) is 0.300. The molecule has 0 atom stereocenters. The summed E-state index contributed by atoms with van der Waals surface area (Å²) in [5.74, 6) is -0.250. The van der Waals surface area contributed by atoms with Gasteiger partial charge in [0, 0.05) is 23.4 Å². The maximum Gasteiger partial charge on any atom is 0.322 e. The minimum Gasteiger partial charge on any atom is -0.324 e. The number of carbonyl (C=O) groups is 2. The van der Waals surface area contributed by atoms with Crippen LogP contribution in [0.5, 0.6) is 0 Å². The number of benzene rings is 2. The summed E-state index contributed by atoms with van der Waals surface area (Å²) >= 11 is 6.06. The second kappa shape index (κ2) is 8.23. The number of urea groups is 1. The van der Waals surface area contributed by atoms with Crippen molar-refractivity contribution >= 4 is 34.9 Å². The first-order valence-corrected chi connectivity index (χ1v) is 8.71. The Hall–Kier alpha value is -2.53. The molecule has 138 valence electrons. The van der Waals surface area contributed by atoms with Crippen molar-refractivity contribution in [3.05, 3.63) is 57.6 Å². The smallest absolute Gasteiger partial charge is 0.322 e. The minimum atomic E-state index is -0.372. The van der Waals surface area contributed by atoms with Gasteiger partial charge in [0.15, 0.2) is 0 Å². The van der Waals surface area contributed by atoms with Crippen molar-refractivity contribution in [1.29, 1.82) is 0 Å². The van der Waals surface area contributed by atoms with Crippen molar-refractivity contribution in [2.75, 3.05) is 24.2 Å². The second-order valence-electron chi connectivity index (χ2n) is 6.52. The van der Waals surface area contributed by atoms with E-state index >= 15 is 0 Å². The van der Waals surface area contributed by atoms with Crippen molar-refractivity contribution in [1.82, 2.24) is 4.90 Å². The summed E-state index contributed by atoms with van der Waals surface area (Å²) in [5, 5.41) is 6.24. The fourth-order valence-corrected chi connectivity index (χ4v) is 2.97. The van der Waals surface area contributed by atoms with Crippen molar-refractivity contribution < 1.29 is 9.59 Å². The van der Waals surface area contributed by atoms with E-state index in [1.165, 1.54) is 4.90 Å². The Bertz CT molecular complexity index is 826. The molecule has 2 N–H and O–H groups in total. The number of nitrogens with zero attached hydrogens (tertiary/aromatic N) is 1. The van der Waals surface area contributed by atoms with Gasteiger partial charge in [0.05, 0.1) is 0 Å². The standard InChI is InChI=1S/C20H24ClN3O2/c1-12-9-13(2)19(14(3)10-12)23-18(25)11-24(5)20(26)22-17-8-6-7-16(21)15(17)4/h6-10H,11H2,1-5H3,(H,22,26)(H,23,25). The van der Waals surface area contributed by atoms with Gasteiger partial charge < -0.3 is 15.5 Å². The highest BCUT2D eigenvalue weighted by Crippen LogP contribution is 2.23. The third-order valence-corrected chi connectivity index (χ3v) is 4.59. The molecule has 0 bridgehead atoms. The van der Waals surface area contributed by atoms with Crippen LogP contribution >= 0.6 is 11.6 Å². The van der Waals surface area contributed by atoms with E-state index in [4.69, 9.17) is 11.6 Å². The molecular weight excluding hydrogens is 350 g/mol. The van der Waals surface area contributed by atoms with E-state index in [0.717, 1.165) is 27.9 Å². The Morgan fingerprint density at radius 1 is 1.04 bits per heavy atom. The Labute approximate surface area is 159 Å². The molecule has 2 rings (SSSR count). The van der Waals surface area contributed by atoms with Gasteiger partial charge in [-0.2, -0.15) is 0 Å². The van der Waals surface area contributed by atoms with Crippen LogP contribution in [0.1, 0.15) is 22.3 Å². The van der Waals surface area contributed by atoms with E-state index in [2.05, 4.69) is 10.6 Å². The van der Waals surface area contributed by atoms with Crippen molar-refractivity contribution in [2.45, 2.75) is 27.7 Å². The van der Waals surface area contributed by atoms with Crippen LogP contribution in [-0.2, 0) is 4.79 Å². The van der Waals surface area contributed by atoms with E-state index in [1.54, 1.807) is 25.2 Å². The van der Waals surface area contributed by atoms with Crippen LogP contribution in [0.3, 0.4) is 0 Å². The minimum absolute atomic E-state index is 0.0573. The number of hydrogen-bond acceptors (Lipinski definition) is 2. The number of likely N-dealkylation sites (N-methyl/N-ethyl adjacent to an activating group) is 1. The molecule has 5 nitrogen and oxygen atoms in total. The first-order valence-electron chi connectivity index (χ1n) is 8.34. The Kier molecular flexibility index (Phi) is 6.27. The molecule has 0 aliphatic carbocycles. The van der Waals surface area contributed by atoms with Crippen LogP contribution < -0.4 is 10.6 Å².